The quantitative estimate of drug-likeness (QED) is 0.0818. The van der Waals surface area contributed by atoms with Crippen molar-refractivity contribution in [3.63, 3.8) is 0 Å². The molecule has 0 aromatic carbocycles. The van der Waals surface area contributed by atoms with Crippen molar-refractivity contribution in [2.45, 2.75) is 176 Å². The molecule has 0 aromatic rings. The second kappa shape index (κ2) is 15.8. The SMILES string of the molecule is CCCC(C)(C)OOC(CC)(CC)OOC(CC)(CC)OOC(CC)(CC)OOC(C)(C)CCC. The van der Waals surface area contributed by atoms with E-state index >= 15 is 0 Å². The molecule has 0 fully saturated rings. The van der Waals surface area contributed by atoms with E-state index in [1.165, 1.54) is 0 Å². The van der Waals surface area contributed by atoms with Crippen LogP contribution in [0.2, 0.25) is 0 Å². The highest BCUT2D eigenvalue weighted by Crippen LogP contribution is 2.35. The van der Waals surface area contributed by atoms with Gasteiger partial charge in [0.25, 0.3) is 0 Å². The molecule has 35 heavy (non-hydrogen) atoms. The number of rotatable bonds is 22. The summed E-state index contributed by atoms with van der Waals surface area (Å²) >= 11 is 0. The summed E-state index contributed by atoms with van der Waals surface area (Å²) < 4.78 is 0. The molecule has 0 radical (unpaired) electrons. The summed E-state index contributed by atoms with van der Waals surface area (Å²) in [4.78, 5) is 46.8. The van der Waals surface area contributed by atoms with Crippen LogP contribution >= 0.6 is 0 Å². The van der Waals surface area contributed by atoms with Crippen LogP contribution in [-0.4, -0.2) is 28.6 Å². The molecule has 0 aromatic heterocycles. The summed E-state index contributed by atoms with van der Waals surface area (Å²) in [5.74, 6) is -3.34. The van der Waals surface area contributed by atoms with Gasteiger partial charge < -0.3 is 0 Å². The summed E-state index contributed by atoms with van der Waals surface area (Å²) in [6.07, 6.45) is 6.71. The zero-order valence-electron chi connectivity index (χ0n) is 24.8. The first-order valence-corrected chi connectivity index (χ1v) is 13.8. The maximum atomic E-state index is 5.92. The molecule has 8 nitrogen and oxygen atoms in total. The van der Waals surface area contributed by atoms with Gasteiger partial charge in [0, 0.05) is 38.5 Å². The lowest BCUT2D eigenvalue weighted by molar-refractivity contribution is -0.618. The fourth-order valence-electron chi connectivity index (χ4n) is 3.47. The topological polar surface area (TPSA) is 73.8 Å². The van der Waals surface area contributed by atoms with Gasteiger partial charge in [0.1, 0.15) is 0 Å². The minimum atomic E-state index is -1.17. The van der Waals surface area contributed by atoms with E-state index in [0.29, 0.717) is 38.5 Å². The normalized spacial score (nSPS) is 14.1. The van der Waals surface area contributed by atoms with Gasteiger partial charge in [-0.05, 0) is 40.5 Å². The molecule has 0 aliphatic rings. The molecule has 0 atom stereocenters. The molecule has 212 valence electrons. The van der Waals surface area contributed by atoms with E-state index < -0.39 is 28.6 Å². The molecule has 8 heteroatoms. The highest BCUT2D eigenvalue weighted by molar-refractivity contribution is 4.70. The number of hydrogen-bond donors (Lipinski definition) is 0. The van der Waals surface area contributed by atoms with Crippen LogP contribution in [0.3, 0.4) is 0 Å². The predicted molar refractivity (Wildman–Crippen MR) is 137 cm³/mol. The van der Waals surface area contributed by atoms with Crippen molar-refractivity contribution in [3.05, 3.63) is 0 Å². The minimum absolute atomic E-state index is 0.440. The lowest BCUT2D eigenvalue weighted by Gasteiger charge is -2.39. The molecule has 0 amide bonds. The van der Waals surface area contributed by atoms with E-state index in [2.05, 4.69) is 13.8 Å². The van der Waals surface area contributed by atoms with Crippen LogP contribution in [0.4, 0.5) is 0 Å². The van der Waals surface area contributed by atoms with Gasteiger partial charge >= 0.3 is 0 Å². The zero-order valence-corrected chi connectivity index (χ0v) is 24.8. The Hall–Kier alpha value is -0.320. The minimum Gasteiger partial charge on any atom is -0.228 e. The Morgan fingerprint density at radius 2 is 0.543 bits per heavy atom. The van der Waals surface area contributed by atoms with Crippen LogP contribution in [0.5, 0.6) is 0 Å². The molecule has 0 N–H and O–H groups in total. The summed E-state index contributed by atoms with van der Waals surface area (Å²) in [6, 6.07) is 0. The van der Waals surface area contributed by atoms with Crippen molar-refractivity contribution in [3.8, 4) is 0 Å². The highest BCUT2D eigenvalue weighted by Gasteiger charge is 2.43. The second-order valence-electron chi connectivity index (χ2n) is 10.5. The maximum Gasteiger partial charge on any atom is 0.233 e. The van der Waals surface area contributed by atoms with Crippen LogP contribution < -0.4 is 0 Å². The highest BCUT2D eigenvalue weighted by atomic mass is 17.4. The third-order valence-electron chi connectivity index (χ3n) is 6.47. The van der Waals surface area contributed by atoms with Crippen molar-refractivity contribution in [2.75, 3.05) is 0 Å². The molecule has 0 saturated carbocycles. The Morgan fingerprint density at radius 3 is 0.714 bits per heavy atom. The van der Waals surface area contributed by atoms with Crippen LogP contribution in [0.25, 0.3) is 0 Å². The largest absolute Gasteiger partial charge is 0.233 e. The molecule has 0 rings (SSSR count). The summed E-state index contributed by atoms with van der Waals surface area (Å²) in [6.45, 7) is 23.9. The molecule has 0 saturated heterocycles. The first-order valence-electron chi connectivity index (χ1n) is 13.8. The van der Waals surface area contributed by atoms with Gasteiger partial charge in [0.2, 0.25) is 17.4 Å². The molecule has 0 bridgehead atoms. The van der Waals surface area contributed by atoms with Crippen molar-refractivity contribution < 1.29 is 39.1 Å². The van der Waals surface area contributed by atoms with Crippen LogP contribution in [0.1, 0.15) is 147 Å². The van der Waals surface area contributed by atoms with Gasteiger partial charge in [-0.25, -0.2) is 9.78 Å². The van der Waals surface area contributed by atoms with E-state index in [1.54, 1.807) is 0 Å². The summed E-state index contributed by atoms with van der Waals surface area (Å²) in [7, 11) is 0. The number of hydrogen-bond acceptors (Lipinski definition) is 8. The van der Waals surface area contributed by atoms with Crippen molar-refractivity contribution in [1.82, 2.24) is 0 Å². The van der Waals surface area contributed by atoms with Gasteiger partial charge in [0.15, 0.2) is 0 Å². The van der Waals surface area contributed by atoms with E-state index in [1.807, 2.05) is 69.2 Å². The molecular formula is C27H56O8. The van der Waals surface area contributed by atoms with Crippen molar-refractivity contribution in [1.29, 1.82) is 0 Å². The molecule has 0 heterocycles. The smallest absolute Gasteiger partial charge is 0.228 e. The molecule has 0 unspecified atom stereocenters. The fourth-order valence-corrected chi connectivity index (χ4v) is 3.47. The Kier molecular flexibility index (Phi) is 15.7. The van der Waals surface area contributed by atoms with E-state index in [0.717, 1.165) is 25.7 Å². The van der Waals surface area contributed by atoms with Crippen molar-refractivity contribution in [2.24, 2.45) is 0 Å². The standard InChI is InChI=1S/C27H56O8/c1-13-21-23(9,10)28-30-25(15-3,16-4)32-34-27(19-7,20-8)35-33-26(17-5,18-6)31-29-24(11,12)22-14-2/h13-22H2,1-12H3. The van der Waals surface area contributed by atoms with Gasteiger partial charge in [-0.3, -0.25) is 0 Å². The van der Waals surface area contributed by atoms with Gasteiger partial charge in [-0.2, -0.15) is 29.3 Å². The molecule has 0 aliphatic carbocycles. The fraction of sp³-hybridized carbons (Fsp3) is 1.00. The summed E-state index contributed by atoms with van der Waals surface area (Å²) in [5, 5.41) is 0. The van der Waals surface area contributed by atoms with E-state index in [4.69, 9.17) is 39.1 Å². The van der Waals surface area contributed by atoms with Crippen LogP contribution in [0.15, 0.2) is 0 Å². The van der Waals surface area contributed by atoms with Gasteiger partial charge in [-0.1, -0.05) is 68.2 Å². The average Bonchev–Trinajstić information content (AvgIpc) is 2.83. The predicted octanol–water partition coefficient (Wildman–Crippen LogP) is 8.49. The second-order valence-corrected chi connectivity index (χ2v) is 10.5. The monoisotopic (exact) mass is 508 g/mol. The lowest BCUT2D eigenvalue weighted by atomic mass is 10.0. The molecule has 0 aliphatic heterocycles. The third kappa shape index (κ3) is 11.7. The van der Waals surface area contributed by atoms with E-state index in [-0.39, 0.29) is 0 Å². The first kappa shape index (κ1) is 34.7. The third-order valence-corrected chi connectivity index (χ3v) is 6.47. The van der Waals surface area contributed by atoms with Gasteiger partial charge in [-0.15, -0.1) is 0 Å². The molecule has 0 spiro atoms. The molecular weight excluding hydrogens is 452 g/mol. The first-order chi connectivity index (χ1) is 16.3. The Labute approximate surface area is 215 Å². The lowest BCUT2D eigenvalue weighted by Crippen LogP contribution is -2.46. The zero-order chi connectivity index (χ0) is 27.2. The Balaban J connectivity index is 5.43. The van der Waals surface area contributed by atoms with Crippen LogP contribution in [0, 0.1) is 0 Å². The van der Waals surface area contributed by atoms with Crippen molar-refractivity contribution >= 4 is 0 Å². The Morgan fingerprint density at radius 1 is 0.343 bits per heavy atom. The summed E-state index contributed by atoms with van der Waals surface area (Å²) in [5.41, 5.74) is -0.880. The van der Waals surface area contributed by atoms with Crippen LogP contribution in [-0.2, 0) is 39.1 Å². The van der Waals surface area contributed by atoms with E-state index in [9.17, 15) is 0 Å². The maximum absolute atomic E-state index is 5.92. The average molecular weight is 509 g/mol. The van der Waals surface area contributed by atoms with Gasteiger partial charge in [0.05, 0.1) is 11.2 Å². The Bertz CT molecular complexity index is 493.